The van der Waals surface area contributed by atoms with Crippen molar-refractivity contribution in [3.8, 4) is 0 Å². The molecule has 0 aromatic carbocycles. The molecule has 1 N–H and O–H groups in total. The SMILES string of the molecule is CC(C)CCCCCC(CCC(C)C)OC(=O)C1CCCCC1C(=O)O. The fraction of sp³-hybridized carbons (Fsp3) is 0.909. The molecule has 3 atom stereocenters. The molecule has 1 aliphatic carbocycles. The summed E-state index contributed by atoms with van der Waals surface area (Å²) in [4.78, 5) is 24.1. The van der Waals surface area contributed by atoms with Crippen molar-refractivity contribution in [2.45, 2.75) is 104 Å². The minimum Gasteiger partial charge on any atom is -0.481 e. The summed E-state index contributed by atoms with van der Waals surface area (Å²) in [5.41, 5.74) is 0. The number of ether oxygens (including phenoxy) is 1. The first kappa shape index (κ1) is 23.0. The Balaban J connectivity index is 2.53. The van der Waals surface area contributed by atoms with Crippen molar-refractivity contribution in [3.05, 3.63) is 0 Å². The van der Waals surface area contributed by atoms with Crippen LogP contribution in [0.4, 0.5) is 0 Å². The number of carboxylic acids is 1. The van der Waals surface area contributed by atoms with E-state index in [1.54, 1.807) is 0 Å². The molecule has 0 saturated heterocycles. The number of rotatable bonds is 12. The van der Waals surface area contributed by atoms with Gasteiger partial charge in [-0.2, -0.15) is 0 Å². The molecule has 0 aromatic rings. The van der Waals surface area contributed by atoms with Crippen LogP contribution in [-0.4, -0.2) is 23.1 Å². The number of unbranched alkanes of at least 4 members (excludes halogenated alkanes) is 2. The second-order valence-corrected chi connectivity index (χ2v) is 8.90. The van der Waals surface area contributed by atoms with Gasteiger partial charge in [-0.15, -0.1) is 0 Å². The highest BCUT2D eigenvalue weighted by atomic mass is 16.5. The average Bonchev–Trinajstić information content (AvgIpc) is 2.58. The van der Waals surface area contributed by atoms with Crippen LogP contribution in [-0.2, 0) is 14.3 Å². The number of carbonyl (C=O) groups excluding carboxylic acids is 1. The number of carbonyl (C=O) groups is 2. The Morgan fingerprint density at radius 2 is 1.42 bits per heavy atom. The Morgan fingerprint density at radius 3 is 2.00 bits per heavy atom. The quantitative estimate of drug-likeness (QED) is 0.347. The Labute approximate surface area is 160 Å². The molecule has 1 saturated carbocycles. The molecule has 26 heavy (non-hydrogen) atoms. The van der Waals surface area contributed by atoms with E-state index in [4.69, 9.17) is 4.74 Å². The van der Waals surface area contributed by atoms with Gasteiger partial charge in [0.25, 0.3) is 0 Å². The number of esters is 1. The Bertz CT molecular complexity index is 416. The first-order valence-electron chi connectivity index (χ1n) is 10.7. The van der Waals surface area contributed by atoms with E-state index in [1.165, 1.54) is 19.3 Å². The molecule has 152 valence electrons. The van der Waals surface area contributed by atoms with Crippen LogP contribution in [0.5, 0.6) is 0 Å². The molecule has 4 heteroatoms. The van der Waals surface area contributed by atoms with E-state index in [-0.39, 0.29) is 12.1 Å². The van der Waals surface area contributed by atoms with Crippen LogP contribution in [0.15, 0.2) is 0 Å². The number of hydrogen-bond donors (Lipinski definition) is 1. The second kappa shape index (κ2) is 12.3. The van der Waals surface area contributed by atoms with Crippen molar-refractivity contribution in [1.82, 2.24) is 0 Å². The maximum atomic E-state index is 12.7. The predicted octanol–water partition coefficient (Wildman–Crippen LogP) is 5.83. The molecule has 3 unspecified atom stereocenters. The molecule has 1 aliphatic rings. The summed E-state index contributed by atoms with van der Waals surface area (Å²) in [7, 11) is 0. The van der Waals surface area contributed by atoms with Crippen LogP contribution >= 0.6 is 0 Å². The topological polar surface area (TPSA) is 63.6 Å². The molecule has 0 aliphatic heterocycles. The molecule has 0 radical (unpaired) electrons. The third-order valence-electron chi connectivity index (χ3n) is 5.54. The Kier molecular flexibility index (Phi) is 10.9. The van der Waals surface area contributed by atoms with Crippen molar-refractivity contribution in [2.24, 2.45) is 23.7 Å². The van der Waals surface area contributed by atoms with E-state index in [2.05, 4.69) is 27.7 Å². The van der Waals surface area contributed by atoms with Gasteiger partial charge in [-0.3, -0.25) is 9.59 Å². The Morgan fingerprint density at radius 1 is 0.846 bits per heavy atom. The highest BCUT2D eigenvalue weighted by molar-refractivity contribution is 5.81. The lowest BCUT2D eigenvalue weighted by atomic mass is 9.79. The maximum Gasteiger partial charge on any atom is 0.310 e. The zero-order chi connectivity index (χ0) is 19.5. The normalized spacial score (nSPS) is 21.8. The van der Waals surface area contributed by atoms with Gasteiger partial charge >= 0.3 is 11.9 Å². The lowest BCUT2D eigenvalue weighted by Crippen LogP contribution is -2.35. The summed E-state index contributed by atoms with van der Waals surface area (Å²) in [6.45, 7) is 8.86. The van der Waals surface area contributed by atoms with Crippen LogP contribution in [0.1, 0.15) is 98.3 Å². The van der Waals surface area contributed by atoms with Crippen molar-refractivity contribution in [3.63, 3.8) is 0 Å². The molecule has 0 heterocycles. The van der Waals surface area contributed by atoms with E-state index in [1.807, 2.05) is 0 Å². The highest BCUT2D eigenvalue weighted by Crippen LogP contribution is 2.32. The molecule has 4 nitrogen and oxygen atoms in total. The van der Waals surface area contributed by atoms with Gasteiger partial charge in [-0.25, -0.2) is 0 Å². The van der Waals surface area contributed by atoms with Gasteiger partial charge in [0.1, 0.15) is 6.10 Å². The van der Waals surface area contributed by atoms with Gasteiger partial charge < -0.3 is 9.84 Å². The fourth-order valence-corrected chi connectivity index (χ4v) is 3.84. The van der Waals surface area contributed by atoms with E-state index < -0.39 is 17.8 Å². The summed E-state index contributed by atoms with van der Waals surface area (Å²) in [5, 5.41) is 9.41. The third kappa shape index (κ3) is 9.05. The third-order valence-corrected chi connectivity index (χ3v) is 5.54. The zero-order valence-electron chi connectivity index (χ0n) is 17.3. The van der Waals surface area contributed by atoms with Crippen LogP contribution < -0.4 is 0 Å². The molecular formula is C22H40O4. The smallest absolute Gasteiger partial charge is 0.310 e. The first-order chi connectivity index (χ1) is 12.3. The lowest BCUT2D eigenvalue weighted by Gasteiger charge is -2.29. The summed E-state index contributed by atoms with van der Waals surface area (Å²) in [5.74, 6) is -0.814. The minimum absolute atomic E-state index is 0.0553. The highest BCUT2D eigenvalue weighted by Gasteiger charge is 2.37. The lowest BCUT2D eigenvalue weighted by molar-refractivity contribution is -0.164. The minimum atomic E-state index is -0.848. The summed E-state index contributed by atoms with van der Waals surface area (Å²) in [6.07, 6.45) is 10.6. The van der Waals surface area contributed by atoms with E-state index in [0.717, 1.165) is 44.4 Å². The monoisotopic (exact) mass is 368 g/mol. The van der Waals surface area contributed by atoms with Gasteiger partial charge in [0.2, 0.25) is 0 Å². The summed E-state index contributed by atoms with van der Waals surface area (Å²) < 4.78 is 5.85. The van der Waals surface area contributed by atoms with Gasteiger partial charge in [-0.05, 0) is 50.4 Å². The Hall–Kier alpha value is -1.06. The van der Waals surface area contributed by atoms with Crippen LogP contribution in [0.2, 0.25) is 0 Å². The molecule has 0 aromatic heterocycles. The van der Waals surface area contributed by atoms with Crippen molar-refractivity contribution >= 4 is 11.9 Å². The molecule has 0 spiro atoms. The van der Waals surface area contributed by atoms with Crippen LogP contribution in [0.3, 0.4) is 0 Å². The number of aliphatic carboxylic acids is 1. The van der Waals surface area contributed by atoms with Crippen LogP contribution in [0.25, 0.3) is 0 Å². The van der Waals surface area contributed by atoms with Gasteiger partial charge in [-0.1, -0.05) is 59.8 Å². The van der Waals surface area contributed by atoms with Crippen molar-refractivity contribution in [1.29, 1.82) is 0 Å². The van der Waals surface area contributed by atoms with Gasteiger partial charge in [0.05, 0.1) is 11.8 Å². The second-order valence-electron chi connectivity index (χ2n) is 8.90. The standard InChI is InChI=1S/C22H40O4/c1-16(2)10-6-5-7-11-18(15-14-17(3)4)26-22(25)20-13-9-8-12-19(20)21(23)24/h16-20H,5-15H2,1-4H3,(H,23,24). The fourth-order valence-electron chi connectivity index (χ4n) is 3.84. The molecule has 1 fully saturated rings. The van der Waals surface area contributed by atoms with E-state index >= 15 is 0 Å². The van der Waals surface area contributed by atoms with Crippen molar-refractivity contribution < 1.29 is 19.4 Å². The van der Waals surface area contributed by atoms with E-state index in [9.17, 15) is 14.7 Å². The zero-order valence-corrected chi connectivity index (χ0v) is 17.3. The van der Waals surface area contributed by atoms with Crippen molar-refractivity contribution in [2.75, 3.05) is 0 Å². The van der Waals surface area contributed by atoms with Gasteiger partial charge in [0, 0.05) is 0 Å². The summed E-state index contributed by atoms with van der Waals surface area (Å²) in [6, 6.07) is 0. The summed E-state index contributed by atoms with van der Waals surface area (Å²) >= 11 is 0. The molecule has 0 amide bonds. The molecule has 1 rings (SSSR count). The number of hydrogen-bond acceptors (Lipinski definition) is 3. The number of carboxylic acid groups (broad SMARTS) is 1. The van der Waals surface area contributed by atoms with Gasteiger partial charge in [0.15, 0.2) is 0 Å². The maximum absolute atomic E-state index is 12.7. The largest absolute Gasteiger partial charge is 0.481 e. The predicted molar refractivity (Wildman–Crippen MR) is 105 cm³/mol. The molecular weight excluding hydrogens is 328 g/mol. The van der Waals surface area contributed by atoms with E-state index in [0.29, 0.717) is 18.8 Å². The molecule has 0 bridgehead atoms. The first-order valence-corrected chi connectivity index (χ1v) is 10.7. The average molecular weight is 369 g/mol. The van der Waals surface area contributed by atoms with Crippen LogP contribution in [0, 0.1) is 23.7 Å².